The molecular formula is C28H27ClN4O. The van der Waals surface area contributed by atoms with Crippen LogP contribution < -0.4 is 10.2 Å². The number of carbonyl (C=O) groups excluding carboxylic acids is 1. The Kier molecular flexibility index (Phi) is 5.80. The number of amides is 2. The highest BCUT2D eigenvalue weighted by atomic mass is 35.5. The number of aryl methyl sites for hydroxylation is 1. The third-order valence-electron chi connectivity index (χ3n) is 6.39. The van der Waals surface area contributed by atoms with E-state index >= 15 is 0 Å². The lowest BCUT2D eigenvalue weighted by molar-refractivity contribution is 0.194. The molecule has 1 aliphatic rings. The first-order valence-electron chi connectivity index (χ1n) is 11.3. The zero-order valence-electron chi connectivity index (χ0n) is 19.5. The van der Waals surface area contributed by atoms with E-state index in [1.54, 1.807) is 6.07 Å². The van der Waals surface area contributed by atoms with Crippen LogP contribution in [0.25, 0.3) is 5.69 Å². The Labute approximate surface area is 205 Å². The summed E-state index contributed by atoms with van der Waals surface area (Å²) in [5.41, 5.74) is 7.06. The van der Waals surface area contributed by atoms with Gasteiger partial charge in [0.1, 0.15) is 0 Å². The van der Waals surface area contributed by atoms with E-state index in [4.69, 9.17) is 11.6 Å². The molecule has 1 unspecified atom stereocenters. The molecular weight excluding hydrogens is 444 g/mol. The van der Waals surface area contributed by atoms with Gasteiger partial charge in [-0.25, -0.2) is 4.79 Å². The molecule has 0 saturated heterocycles. The van der Waals surface area contributed by atoms with Crippen molar-refractivity contribution in [2.45, 2.75) is 19.5 Å². The van der Waals surface area contributed by atoms with Crippen molar-refractivity contribution < 1.29 is 4.79 Å². The third kappa shape index (κ3) is 4.03. The Morgan fingerprint density at radius 3 is 2.53 bits per heavy atom. The molecule has 172 valence electrons. The molecule has 3 aromatic carbocycles. The third-order valence-corrected chi connectivity index (χ3v) is 6.63. The van der Waals surface area contributed by atoms with E-state index in [0.717, 1.165) is 33.8 Å². The summed E-state index contributed by atoms with van der Waals surface area (Å²) >= 11 is 6.22. The minimum atomic E-state index is -0.266. The van der Waals surface area contributed by atoms with Gasteiger partial charge in [-0.15, -0.1) is 0 Å². The van der Waals surface area contributed by atoms with E-state index in [2.05, 4.69) is 63.4 Å². The number of nitrogens with one attached hydrogen (secondary N) is 1. The van der Waals surface area contributed by atoms with Crippen LogP contribution in [0.1, 0.15) is 28.4 Å². The molecule has 4 aromatic rings. The number of anilines is 2. The lowest BCUT2D eigenvalue weighted by Gasteiger charge is -2.31. The van der Waals surface area contributed by atoms with Crippen molar-refractivity contribution in [2.24, 2.45) is 0 Å². The Morgan fingerprint density at radius 1 is 1.00 bits per heavy atom. The summed E-state index contributed by atoms with van der Waals surface area (Å²) in [5.74, 6) is 0. The maximum Gasteiger partial charge on any atom is 0.322 e. The lowest BCUT2D eigenvalue weighted by atomic mass is 10.0. The number of benzene rings is 3. The van der Waals surface area contributed by atoms with Crippen LogP contribution in [0.4, 0.5) is 16.2 Å². The van der Waals surface area contributed by atoms with Crippen molar-refractivity contribution in [1.29, 1.82) is 0 Å². The number of hydrogen-bond donors (Lipinski definition) is 1. The standard InChI is InChI=1S/C28H27ClN4O/c1-19-10-13-22(29)17-24(19)30-28(34)33-18-21-7-4-5-8-25(21)32-16-6-9-26(32)27(33)20-11-14-23(15-12-20)31(2)3/h4-17,27H,18H2,1-3H3,(H,30,34). The molecule has 2 heterocycles. The van der Waals surface area contributed by atoms with Crippen molar-refractivity contribution in [3.8, 4) is 5.69 Å². The normalized spacial score (nSPS) is 14.7. The molecule has 0 aliphatic carbocycles. The Morgan fingerprint density at radius 2 is 1.76 bits per heavy atom. The van der Waals surface area contributed by atoms with E-state index in [9.17, 15) is 4.79 Å². The summed E-state index contributed by atoms with van der Waals surface area (Å²) in [5, 5.41) is 3.71. The van der Waals surface area contributed by atoms with E-state index in [-0.39, 0.29) is 12.1 Å². The number of urea groups is 1. The molecule has 5 rings (SSSR count). The fourth-order valence-electron chi connectivity index (χ4n) is 4.56. The van der Waals surface area contributed by atoms with Gasteiger partial charge in [0.25, 0.3) is 0 Å². The second kappa shape index (κ2) is 8.92. The Balaban J connectivity index is 1.62. The highest BCUT2D eigenvalue weighted by Crippen LogP contribution is 2.37. The minimum absolute atomic E-state index is 0.170. The first-order chi connectivity index (χ1) is 16.4. The fourth-order valence-corrected chi connectivity index (χ4v) is 4.73. The van der Waals surface area contributed by atoms with Gasteiger partial charge in [-0.1, -0.05) is 48.0 Å². The molecule has 34 heavy (non-hydrogen) atoms. The van der Waals surface area contributed by atoms with Gasteiger partial charge < -0.3 is 19.7 Å². The summed E-state index contributed by atoms with van der Waals surface area (Å²) < 4.78 is 2.19. The van der Waals surface area contributed by atoms with Crippen LogP contribution in [-0.4, -0.2) is 29.6 Å². The first-order valence-corrected chi connectivity index (χ1v) is 11.7. The van der Waals surface area contributed by atoms with Gasteiger partial charge >= 0.3 is 6.03 Å². The minimum Gasteiger partial charge on any atom is -0.378 e. The van der Waals surface area contributed by atoms with Crippen LogP contribution in [0.15, 0.2) is 85.1 Å². The summed E-state index contributed by atoms with van der Waals surface area (Å²) in [4.78, 5) is 17.8. The maximum atomic E-state index is 13.8. The van der Waals surface area contributed by atoms with Crippen LogP contribution in [-0.2, 0) is 6.54 Å². The highest BCUT2D eigenvalue weighted by molar-refractivity contribution is 6.31. The van der Waals surface area contributed by atoms with Crippen LogP contribution in [0.5, 0.6) is 0 Å². The van der Waals surface area contributed by atoms with E-state index in [1.165, 1.54) is 0 Å². The van der Waals surface area contributed by atoms with Gasteiger partial charge in [0.2, 0.25) is 0 Å². The van der Waals surface area contributed by atoms with Gasteiger partial charge in [0, 0.05) is 42.4 Å². The smallest absolute Gasteiger partial charge is 0.322 e. The molecule has 0 bridgehead atoms. The monoisotopic (exact) mass is 470 g/mol. The van der Waals surface area contributed by atoms with Gasteiger partial charge in [-0.2, -0.15) is 0 Å². The summed E-state index contributed by atoms with van der Waals surface area (Å²) in [6, 6.07) is 25.9. The molecule has 1 aromatic heterocycles. The first kappa shape index (κ1) is 22.1. The van der Waals surface area contributed by atoms with Crippen molar-refractivity contribution in [3.63, 3.8) is 0 Å². The Hall–Kier alpha value is -3.70. The van der Waals surface area contributed by atoms with E-state index in [0.29, 0.717) is 17.3 Å². The van der Waals surface area contributed by atoms with Crippen molar-refractivity contribution in [3.05, 3.63) is 112 Å². The topological polar surface area (TPSA) is 40.5 Å². The molecule has 1 aliphatic heterocycles. The van der Waals surface area contributed by atoms with Crippen LogP contribution in [0.2, 0.25) is 5.02 Å². The molecule has 0 spiro atoms. The predicted octanol–water partition coefficient (Wildman–Crippen LogP) is 6.64. The summed E-state index contributed by atoms with van der Waals surface area (Å²) in [6.07, 6.45) is 2.07. The number of fused-ring (bicyclic) bond motifs is 3. The van der Waals surface area contributed by atoms with Gasteiger partial charge in [0.15, 0.2) is 0 Å². The Bertz CT molecular complexity index is 1340. The maximum absolute atomic E-state index is 13.8. The molecule has 0 radical (unpaired) electrons. The number of para-hydroxylation sites is 1. The molecule has 0 fully saturated rings. The van der Waals surface area contributed by atoms with E-state index < -0.39 is 0 Å². The molecule has 6 heteroatoms. The second-order valence-corrected chi connectivity index (χ2v) is 9.27. The largest absolute Gasteiger partial charge is 0.378 e. The average molecular weight is 471 g/mol. The molecule has 1 N–H and O–H groups in total. The zero-order valence-corrected chi connectivity index (χ0v) is 20.3. The number of rotatable bonds is 3. The number of nitrogens with zero attached hydrogens (tertiary/aromatic N) is 3. The van der Waals surface area contributed by atoms with Crippen LogP contribution in [0, 0.1) is 6.92 Å². The number of carbonyl (C=O) groups is 1. The number of hydrogen-bond acceptors (Lipinski definition) is 2. The quantitative estimate of drug-likeness (QED) is 0.364. The molecule has 1 atom stereocenters. The van der Waals surface area contributed by atoms with E-state index in [1.807, 2.05) is 56.3 Å². The SMILES string of the molecule is Cc1ccc(Cl)cc1NC(=O)N1Cc2ccccc2-n2cccc2C1c1ccc(N(C)C)cc1. The lowest BCUT2D eigenvalue weighted by Crippen LogP contribution is -2.38. The van der Waals surface area contributed by atoms with Crippen LogP contribution >= 0.6 is 11.6 Å². The van der Waals surface area contributed by atoms with Crippen LogP contribution in [0.3, 0.4) is 0 Å². The van der Waals surface area contributed by atoms with Gasteiger partial charge in [0.05, 0.1) is 18.3 Å². The summed E-state index contributed by atoms with van der Waals surface area (Å²) in [7, 11) is 4.05. The summed E-state index contributed by atoms with van der Waals surface area (Å²) in [6.45, 7) is 2.44. The van der Waals surface area contributed by atoms with Gasteiger partial charge in [-0.3, -0.25) is 0 Å². The fraction of sp³-hybridized carbons (Fsp3) is 0.179. The van der Waals surface area contributed by atoms with Crippen molar-refractivity contribution >= 4 is 29.0 Å². The second-order valence-electron chi connectivity index (χ2n) is 8.84. The molecule has 2 amide bonds. The predicted molar refractivity (Wildman–Crippen MR) is 139 cm³/mol. The molecule has 5 nitrogen and oxygen atoms in total. The highest BCUT2D eigenvalue weighted by Gasteiger charge is 2.33. The molecule has 0 saturated carbocycles. The van der Waals surface area contributed by atoms with Gasteiger partial charge in [-0.05, 0) is 66.1 Å². The van der Waals surface area contributed by atoms with Crippen molar-refractivity contribution in [2.75, 3.05) is 24.3 Å². The average Bonchev–Trinajstić information content (AvgIpc) is 3.25. The number of aromatic nitrogens is 1. The van der Waals surface area contributed by atoms with Crippen molar-refractivity contribution in [1.82, 2.24) is 9.47 Å². The number of halogens is 1. The zero-order chi connectivity index (χ0) is 23.8.